The van der Waals surface area contributed by atoms with Crippen molar-refractivity contribution in [3.05, 3.63) is 53.3 Å². The first kappa shape index (κ1) is 13.1. The molecular formula is C15H13FO3. The highest BCUT2D eigenvalue weighted by Crippen LogP contribution is 2.30. The Hall–Kier alpha value is -2.36. The van der Waals surface area contributed by atoms with Crippen molar-refractivity contribution in [1.29, 1.82) is 0 Å². The zero-order chi connectivity index (χ0) is 14.0. The van der Waals surface area contributed by atoms with Crippen molar-refractivity contribution in [1.82, 2.24) is 0 Å². The summed E-state index contributed by atoms with van der Waals surface area (Å²) in [6, 6.07) is 9.60. The molecule has 2 aromatic rings. The average molecular weight is 260 g/mol. The van der Waals surface area contributed by atoms with Gasteiger partial charge in [-0.25, -0.2) is 9.18 Å². The number of carboxylic acid groups (broad SMARTS) is 1. The lowest BCUT2D eigenvalue weighted by Crippen LogP contribution is -2.00. The molecule has 0 atom stereocenters. The molecular weight excluding hydrogens is 247 g/mol. The van der Waals surface area contributed by atoms with Crippen LogP contribution in [0.5, 0.6) is 5.75 Å². The van der Waals surface area contributed by atoms with Gasteiger partial charge in [0.05, 0.1) is 12.7 Å². The van der Waals surface area contributed by atoms with E-state index in [1.165, 1.54) is 19.2 Å². The number of carbonyl (C=O) groups is 1. The number of aryl methyl sites for hydroxylation is 1. The molecule has 0 fully saturated rings. The average Bonchev–Trinajstić information content (AvgIpc) is 2.39. The fourth-order valence-electron chi connectivity index (χ4n) is 1.91. The Balaban J connectivity index is 2.60. The Morgan fingerprint density at radius 2 is 2.00 bits per heavy atom. The van der Waals surface area contributed by atoms with Crippen LogP contribution in [-0.4, -0.2) is 18.2 Å². The van der Waals surface area contributed by atoms with Gasteiger partial charge in [-0.15, -0.1) is 0 Å². The smallest absolute Gasteiger partial charge is 0.335 e. The molecule has 0 unspecified atom stereocenters. The summed E-state index contributed by atoms with van der Waals surface area (Å²) in [5, 5.41) is 9.09. The Morgan fingerprint density at radius 1 is 1.26 bits per heavy atom. The van der Waals surface area contributed by atoms with Gasteiger partial charge in [-0.05, 0) is 30.2 Å². The SMILES string of the molecule is COc1cccc(-c2ccc(C)c(C(=O)O)c2)c1F. The second kappa shape index (κ2) is 5.10. The van der Waals surface area contributed by atoms with E-state index < -0.39 is 11.8 Å². The van der Waals surface area contributed by atoms with Crippen molar-refractivity contribution in [2.24, 2.45) is 0 Å². The maximum absolute atomic E-state index is 14.1. The minimum absolute atomic E-state index is 0.134. The van der Waals surface area contributed by atoms with Crippen molar-refractivity contribution in [3.8, 4) is 16.9 Å². The predicted molar refractivity (Wildman–Crippen MR) is 70.1 cm³/mol. The Kier molecular flexibility index (Phi) is 3.51. The largest absolute Gasteiger partial charge is 0.494 e. The molecule has 3 nitrogen and oxygen atoms in total. The van der Waals surface area contributed by atoms with Crippen LogP contribution in [-0.2, 0) is 0 Å². The van der Waals surface area contributed by atoms with Gasteiger partial charge in [0.25, 0.3) is 0 Å². The maximum Gasteiger partial charge on any atom is 0.335 e. The van der Waals surface area contributed by atoms with E-state index in [-0.39, 0.29) is 11.3 Å². The number of benzene rings is 2. The Labute approximate surface area is 110 Å². The van der Waals surface area contributed by atoms with E-state index in [2.05, 4.69) is 0 Å². The second-order valence-electron chi connectivity index (χ2n) is 4.16. The number of hydrogen-bond donors (Lipinski definition) is 1. The molecule has 0 aliphatic carbocycles. The summed E-state index contributed by atoms with van der Waals surface area (Å²) < 4.78 is 19.0. The number of carboxylic acids is 1. The summed E-state index contributed by atoms with van der Waals surface area (Å²) in [7, 11) is 1.39. The number of methoxy groups -OCH3 is 1. The number of hydrogen-bond acceptors (Lipinski definition) is 2. The van der Waals surface area contributed by atoms with Gasteiger partial charge in [0.15, 0.2) is 11.6 Å². The highest BCUT2D eigenvalue weighted by Gasteiger charge is 2.13. The van der Waals surface area contributed by atoms with Gasteiger partial charge >= 0.3 is 5.97 Å². The van der Waals surface area contributed by atoms with Crippen LogP contribution < -0.4 is 4.74 Å². The highest BCUT2D eigenvalue weighted by molar-refractivity contribution is 5.91. The van der Waals surface area contributed by atoms with Crippen LogP contribution in [0.2, 0.25) is 0 Å². The number of halogens is 1. The molecule has 0 aromatic heterocycles. The normalized spacial score (nSPS) is 10.3. The first-order valence-corrected chi connectivity index (χ1v) is 5.71. The summed E-state index contributed by atoms with van der Waals surface area (Å²) in [4.78, 5) is 11.1. The molecule has 0 saturated heterocycles. The molecule has 0 spiro atoms. The van der Waals surface area contributed by atoms with Crippen LogP contribution >= 0.6 is 0 Å². The molecule has 0 bridgehead atoms. The molecule has 19 heavy (non-hydrogen) atoms. The van der Waals surface area contributed by atoms with E-state index in [1.807, 2.05) is 0 Å². The van der Waals surface area contributed by atoms with Crippen LogP contribution in [0.25, 0.3) is 11.1 Å². The van der Waals surface area contributed by atoms with Crippen LogP contribution in [0, 0.1) is 12.7 Å². The minimum Gasteiger partial charge on any atom is -0.494 e. The zero-order valence-electron chi connectivity index (χ0n) is 10.6. The summed E-state index contributed by atoms with van der Waals surface area (Å²) in [5.41, 5.74) is 1.64. The molecule has 2 rings (SSSR count). The van der Waals surface area contributed by atoms with E-state index in [1.54, 1.807) is 31.2 Å². The van der Waals surface area contributed by atoms with Gasteiger partial charge in [0, 0.05) is 5.56 Å². The third-order valence-corrected chi connectivity index (χ3v) is 2.96. The lowest BCUT2D eigenvalue weighted by atomic mass is 9.99. The van der Waals surface area contributed by atoms with Crippen LogP contribution in [0.3, 0.4) is 0 Å². The standard InChI is InChI=1S/C15H13FO3/c1-9-6-7-10(8-12(9)15(17)18)11-4-3-5-13(19-2)14(11)16/h3-8H,1-2H3,(H,17,18). The molecule has 0 amide bonds. The monoisotopic (exact) mass is 260 g/mol. The van der Waals surface area contributed by atoms with Crippen molar-refractivity contribution >= 4 is 5.97 Å². The lowest BCUT2D eigenvalue weighted by molar-refractivity contribution is 0.0696. The molecule has 0 aliphatic heterocycles. The van der Waals surface area contributed by atoms with Crippen molar-refractivity contribution in [2.45, 2.75) is 6.92 Å². The molecule has 0 saturated carbocycles. The topological polar surface area (TPSA) is 46.5 Å². The summed E-state index contributed by atoms with van der Waals surface area (Å²) in [6.07, 6.45) is 0. The maximum atomic E-state index is 14.1. The third kappa shape index (κ3) is 2.42. The van der Waals surface area contributed by atoms with Crippen LogP contribution in [0.15, 0.2) is 36.4 Å². The van der Waals surface area contributed by atoms with Crippen molar-refractivity contribution in [3.63, 3.8) is 0 Å². The number of rotatable bonds is 3. The highest BCUT2D eigenvalue weighted by atomic mass is 19.1. The molecule has 0 heterocycles. The number of aromatic carboxylic acids is 1. The van der Waals surface area contributed by atoms with Gasteiger partial charge in [-0.2, -0.15) is 0 Å². The molecule has 0 radical (unpaired) electrons. The summed E-state index contributed by atoms with van der Waals surface area (Å²) in [5.74, 6) is -1.39. The predicted octanol–water partition coefficient (Wildman–Crippen LogP) is 3.51. The van der Waals surface area contributed by atoms with Crippen molar-refractivity contribution in [2.75, 3.05) is 7.11 Å². The molecule has 4 heteroatoms. The summed E-state index contributed by atoms with van der Waals surface area (Å²) in [6.45, 7) is 1.70. The van der Waals surface area contributed by atoms with E-state index >= 15 is 0 Å². The number of ether oxygens (including phenoxy) is 1. The second-order valence-corrected chi connectivity index (χ2v) is 4.16. The first-order valence-electron chi connectivity index (χ1n) is 5.71. The fraction of sp³-hybridized carbons (Fsp3) is 0.133. The van der Waals surface area contributed by atoms with Crippen molar-refractivity contribution < 1.29 is 19.0 Å². The van der Waals surface area contributed by atoms with Gasteiger partial charge in [0.1, 0.15) is 0 Å². The minimum atomic E-state index is -1.03. The van der Waals surface area contributed by atoms with Gasteiger partial charge in [-0.3, -0.25) is 0 Å². The van der Waals surface area contributed by atoms with E-state index in [0.717, 1.165) is 0 Å². The van der Waals surface area contributed by atoms with Crippen LogP contribution in [0.4, 0.5) is 4.39 Å². The van der Waals surface area contributed by atoms with Gasteiger partial charge in [-0.1, -0.05) is 24.3 Å². The molecule has 1 N–H and O–H groups in total. The summed E-state index contributed by atoms with van der Waals surface area (Å²) >= 11 is 0. The van der Waals surface area contributed by atoms with E-state index in [0.29, 0.717) is 16.7 Å². The Bertz CT molecular complexity index is 635. The van der Waals surface area contributed by atoms with E-state index in [4.69, 9.17) is 9.84 Å². The molecule has 98 valence electrons. The van der Waals surface area contributed by atoms with Gasteiger partial charge < -0.3 is 9.84 Å². The lowest BCUT2D eigenvalue weighted by Gasteiger charge is -2.09. The Morgan fingerprint density at radius 3 is 2.63 bits per heavy atom. The van der Waals surface area contributed by atoms with Gasteiger partial charge in [0.2, 0.25) is 0 Å². The zero-order valence-corrected chi connectivity index (χ0v) is 10.6. The quantitative estimate of drug-likeness (QED) is 0.918. The molecule has 2 aromatic carbocycles. The molecule has 0 aliphatic rings. The third-order valence-electron chi connectivity index (χ3n) is 2.96. The first-order chi connectivity index (χ1) is 9.04. The van der Waals surface area contributed by atoms with E-state index in [9.17, 15) is 9.18 Å². The fourth-order valence-corrected chi connectivity index (χ4v) is 1.91. The van der Waals surface area contributed by atoms with Crippen LogP contribution in [0.1, 0.15) is 15.9 Å².